The SMILES string of the molecule is Cc1oc(-c2cccc(Br)c2F)c[n+]1C. The Morgan fingerprint density at radius 2 is 2.13 bits per heavy atom. The first kappa shape index (κ1) is 10.4. The summed E-state index contributed by atoms with van der Waals surface area (Å²) in [4.78, 5) is 0. The predicted molar refractivity (Wildman–Crippen MR) is 57.7 cm³/mol. The zero-order valence-corrected chi connectivity index (χ0v) is 10.0. The molecule has 0 radical (unpaired) electrons. The molecule has 0 N–H and O–H groups in total. The van der Waals surface area contributed by atoms with Crippen molar-refractivity contribution in [2.24, 2.45) is 7.05 Å². The van der Waals surface area contributed by atoms with Crippen molar-refractivity contribution in [3.05, 3.63) is 40.6 Å². The summed E-state index contributed by atoms with van der Waals surface area (Å²) in [7, 11) is 1.86. The molecule has 1 aromatic heterocycles. The van der Waals surface area contributed by atoms with E-state index in [4.69, 9.17) is 4.42 Å². The van der Waals surface area contributed by atoms with Crippen LogP contribution in [0.2, 0.25) is 0 Å². The lowest BCUT2D eigenvalue weighted by molar-refractivity contribution is -0.681. The summed E-state index contributed by atoms with van der Waals surface area (Å²) >= 11 is 3.15. The average Bonchev–Trinajstić information content (AvgIpc) is 2.51. The van der Waals surface area contributed by atoms with E-state index in [1.165, 1.54) is 0 Å². The quantitative estimate of drug-likeness (QED) is 0.729. The fourth-order valence-electron chi connectivity index (χ4n) is 1.34. The van der Waals surface area contributed by atoms with Gasteiger partial charge in [-0.3, -0.25) is 0 Å². The fraction of sp³-hybridized carbons (Fsp3) is 0.182. The van der Waals surface area contributed by atoms with Crippen molar-refractivity contribution in [2.45, 2.75) is 6.92 Å². The summed E-state index contributed by atoms with van der Waals surface area (Å²) in [5, 5.41) is 0. The van der Waals surface area contributed by atoms with Crippen LogP contribution in [0.1, 0.15) is 5.89 Å². The van der Waals surface area contributed by atoms with E-state index in [0.29, 0.717) is 15.8 Å². The van der Waals surface area contributed by atoms with Gasteiger partial charge >= 0.3 is 5.89 Å². The van der Waals surface area contributed by atoms with Gasteiger partial charge in [-0.25, -0.2) is 4.39 Å². The number of aryl methyl sites for hydroxylation is 2. The van der Waals surface area contributed by atoms with Crippen LogP contribution in [0.4, 0.5) is 4.39 Å². The number of aromatic nitrogens is 1. The highest BCUT2D eigenvalue weighted by Crippen LogP contribution is 2.27. The second-order valence-corrected chi connectivity index (χ2v) is 4.18. The third-order valence-corrected chi connectivity index (χ3v) is 2.89. The van der Waals surface area contributed by atoms with E-state index < -0.39 is 0 Å². The van der Waals surface area contributed by atoms with Crippen molar-refractivity contribution in [1.82, 2.24) is 0 Å². The van der Waals surface area contributed by atoms with Crippen LogP contribution >= 0.6 is 15.9 Å². The lowest BCUT2D eigenvalue weighted by Gasteiger charge is -1.98. The molecule has 78 valence electrons. The maximum absolute atomic E-state index is 13.7. The normalized spacial score (nSPS) is 10.7. The molecule has 2 rings (SSSR count). The van der Waals surface area contributed by atoms with Crippen LogP contribution in [-0.2, 0) is 7.05 Å². The van der Waals surface area contributed by atoms with Crippen LogP contribution in [0.3, 0.4) is 0 Å². The van der Waals surface area contributed by atoms with Crippen molar-refractivity contribution in [2.75, 3.05) is 0 Å². The van der Waals surface area contributed by atoms with Crippen LogP contribution < -0.4 is 4.57 Å². The van der Waals surface area contributed by atoms with Crippen LogP contribution in [0, 0.1) is 12.7 Å². The molecular weight excluding hydrogens is 261 g/mol. The fourth-order valence-corrected chi connectivity index (χ4v) is 1.71. The van der Waals surface area contributed by atoms with Crippen molar-refractivity contribution in [1.29, 1.82) is 0 Å². The van der Waals surface area contributed by atoms with Crippen LogP contribution in [0.5, 0.6) is 0 Å². The van der Waals surface area contributed by atoms with E-state index in [1.54, 1.807) is 24.4 Å². The highest BCUT2D eigenvalue weighted by molar-refractivity contribution is 9.10. The number of nitrogens with zero attached hydrogens (tertiary/aromatic N) is 1. The minimum Gasteiger partial charge on any atom is -0.402 e. The third kappa shape index (κ3) is 1.81. The van der Waals surface area contributed by atoms with Gasteiger partial charge < -0.3 is 4.42 Å². The Kier molecular flexibility index (Phi) is 2.61. The van der Waals surface area contributed by atoms with Crippen molar-refractivity contribution in [3.8, 4) is 11.3 Å². The Morgan fingerprint density at radius 3 is 2.73 bits per heavy atom. The number of benzene rings is 1. The van der Waals surface area contributed by atoms with E-state index in [1.807, 2.05) is 18.5 Å². The predicted octanol–water partition coefficient (Wildman–Crippen LogP) is 2.98. The van der Waals surface area contributed by atoms with Gasteiger partial charge in [0.1, 0.15) is 12.9 Å². The second kappa shape index (κ2) is 3.77. The molecular formula is C11H10BrFNO+. The van der Waals surface area contributed by atoms with Gasteiger partial charge in [-0.05, 0) is 28.1 Å². The molecule has 0 aliphatic carbocycles. The molecule has 0 saturated heterocycles. The Hall–Kier alpha value is -1.16. The maximum Gasteiger partial charge on any atom is 0.344 e. The van der Waals surface area contributed by atoms with Gasteiger partial charge in [0.15, 0.2) is 0 Å². The number of halogens is 2. The van der Waals surface area contributed by atoms with E-state index in [0.717, 1.165) is 5.89 Å². The maximum atomic E-state index is 13.7. The molecule has 0 aliphatic rings. The average molecular weight is 271 g/mol. The molecule has 0 fully saturated rings. The van der Waals surface area contributed by atoms with E-state index in [-0.39, 0.29) is 5.82 Å². The Morgan fingerprint density at radius 1 is 1.40 bits per heavy atom. The first-order valence-electron chi connectivity index (χ1n) is 4.50. The van der Waals surface area contributed by atoms with Gasteiger partial charge in [0, 0.05) is 0 Å². The highest BCUT2D eigenvalue weighted by Gasteiger charge is 2.17. The lowest BCUT2D eigenvalue weighted by atomic mass is 10.2. The molecule has 1 aromatic carbocycles. The standard InChI is InChI=1S/C11H10BrFNO/c1-7-14(2)6-10(15-7)8-4-3-5-9(12)11(8)13/h3-6H,1-2H3/q+1. The zero-order chi connectivity index (χ0) is 11.0. The summed E-state index contributed by atoms with van der Waals surface area (Å²) in [6.07, 6.45) is 1.76. The van der Waals surface area contributed by atoms with Crippen LogP contribution in [0.15, 0.2) is 33.3 Å². The number of hydrogen-bond donors (Lipinski definition) is 0. The van der Waals surface area contributed by atoms with E-state index in [9.17, 15) is 4.39 Å². The second-order valence-electron chi connectivity index (χ2n) is 3.33. The molecule has 4 heteroatoms. The minimum atomic E-state index is -0.299. The monoisotopic (exact) mass is 270 g/mol. The van der Waals surface area contributed by atoms with Gasteiger partial charge in [0.05, 0.1) is 17.0 Å². The molecule has 0 unspecified atom stereocenters. The molecule has 2 aromatic rings. The number of rotatable bonds is 1. The van der Waals surface area contributed by atoms with Gasteiger partial charge in [-0.2, -0.15) is 4.57 Å². The molecule has 0 amide bonds. The van der Waals surface area contributed by atoms with Crippen molar-refractivity contribution >= 4 is 15.9 Å². The van der Waals surface area contributed by atoms with Gasteiger partial charge in [-0.15, -0.1) is 0 Å². The third-order valence-electron chi connectivity index (χ3n) is 2.28. The zero-order valence-electron chi connectivity index (χ0n) is 8.42. The molecule has 15 heavy (non-hydrogen) atoms. The summed E-state index contributed by atoms with van der Waals surface area (Å²) in [5.74, 6) is 0.977. The summed E-state index contributed by atoms with van der Waals surface area (Å²) < 4.78 is 21.4. The van der Waals surface area contributed by atoms with Crippen LogP contribution in [-0.4, -0.2) is 0 Å². The number of hydrogen-bond acceptors (Lipinski definition) is 1. The summed E-state index contributed by atoms with van der Waals surface area (Å²) in [5.41, 5.74) is 0.466. The number of oxazole rings is 1. The smallest absolute Gasteiger partial charge is 0.344 e. The molecule has 0 saturated carbocycles. The largest absolute Gasteiger partial charge is 0.402 e. The topological polar surface area (TPSA) is 17.0 Å². The Bertz CT molecular complexity index is 488. The first-order chi connectivity index (χ1) is 7.09. The Labute approximate surface area is 95.5 Å². The van der Waals surface area contributed by atoms with Crippen molar-refractivity contribution in [3.63, 3.8) is 0 Å². The molecule has 0 atom stereocenters. The van der Waals surface area contributed by atoms with Gasteiger partial charge in [-0.1, -0.05) is 6.07 Å². The lowest BCUT2D eigenvalue weighted by Crippen LogP contribution is -2.27. The van der Waals surface area contributed by atoms with E-state index in [2.05, 4.69) is 15.9 Å². The van der Waals surface area contributed by atoms with E-state index >= 15 is 0 Å². The molecule has 0 spiro atoms. The van der Waals surface area contributed by atoms with Crippen LogP contribution in [0.25, 0.3) is 11.3 Å². The minimum absolute atomic E-state index is 0.299. The highest BCUT2D eigenvalue weighted by atomic mass is 79.9. The first-order valence-corrected chi connectivity index (χ1v) is 5.29. The molecule has 0 bridgehead atoms. The molecule has 1 heterocycles. The van der Waals surface area contributed by atoms with Gasteiger partial charge in [0.2, 0.25) is 12.0 Å². The van der Waals surface area contributed by atoms with Crippen molar-refractivity contribution < 1.29 is 13.4 Å². The summed E-state index contributed by atoms with van der Waals surface area (Å²) in [6, 6.07) is 5.13. The Balaban J connectivity index is 2.59. The molecule has 2 nitrogen and oxygen atoms in total. The van der Waals surface area contributed by atoms with Gasteiger partial charge in [0.25, 0.3) is 0 Å². The molecule has 0 aliphatic heterocycles. The summed E-state index contributed by atoms with van der Waals surface area (Å²) in [6.45, 7) is 1.83.